The van der Waals surface area contributed by atoms with Crippen LogP contribution in [0.25, 0.3) is 0 Å². The number of phosphoric ester groups is 1. The van der Waals surface area contributed by atoms with Crippen LogP contribution in [0.5, 0.6) is 0 Å². The Morgan fingerprint density at radius 2 is 0.570 bits per heavy atom. The minimum Gasteiger partial charge on any atom is -0.462 e. The number of rotatable bonds is 81. The van der Waals surface area contributed by atoms with E-state index in [1.54, 1.807) is 0 Å². The predicted molar refractivity (Wildman–Crippen MR) is 436 cm³/mol. The number of hydrogen-bond donors (Lipinski definition) is 1. The van der Waals surface area contributed by atoms with Gasteiger partial charge in [0, 0.05) is 12.8 Å². The van der Waals surface area contributed by atoms with Crippen molar-refractivity contribution < 1.29 is 42.1 Å². The maximum atomic E-state index is 12.9. The number of nitrogens with zero attached hydrogens (tertiary/aromatic N) is 1. The summed E-state index contributed by atoms with van der Waals surface area (Å²) >= 11 is 0. The fraction of sp³-hybridized carbons (Fsp3) is 0.822. The highest BCUT2D eigenvalue weighted by molar-refractivity contribution is 7.47. The molecule has 2 atom stereocenters. The number of carbonyl (C=O) groups is 2. The highest BCUT2D eigenvalue weighted by atomic mass is 31.2. The molecule has 100 heavy (non-hydrogen) atoms. The van der Waals surface area contributed by atoms with E-state index >= 15 is 0 Å². The third-order valence-corrected chi connectivity index (χ3v) is 20.4. The minimum absolute atomic E-state index is 0.0331. The molecule has 584 valence electrons. The van der Waals surface area contributed by atoms with Crippen molar-refractivity contribution in [1.29, 1.82) is 0 Å². The summed E-state index contributed by atoms with van der Waals surface area (Å²) in [6.45, 7) is 4.39. The summed E-state index contributed by atoms with van der Waals surface area (Å²) < 4.78 is 34.9. The lowest BCUT2D eigenvalue weighted by Crippen LogP contribution is -2.37. The number of allylic oxidation sites excluding steroid dienone is 14. The molecule has 0 aliphatic heterocycles. The number of ether oxygens (including phenoxy) is 2. The Morgan fingerprint density at radius 3 is 0.860 bits per heavy atom. The summed E-state index contributed by atoms with van der Waals surface area (Å²) in [5.74, 6) is -0.775. The number of quaternary nitrogens is 1. The van der Waals surface area contributed by atoms with Gasteiger partial charge in [-0.25, -0.2) is 4.57 Å². The molecule has 0 bridgehead atoms. The van der Waals surface area contributed by atoms with Crippen LogP contribution in [0.2, 0.25) is 0 Å². The molecular weight excluding hydrogens is 1250 g/mol. The molecule has 0 rings (SSSR count). The second-order valence-corrected chi connectivity index (χ2v) is 32.0. The molecule has 0 aliphatic carbocycles. The maximum absolute atomic E-state index is 12.9. The summed E-state index contributed by atoms with van der Waals surface area (Å²) in [5.41, 5.74) is 0. The standard InChI is InChI=1S/C90H166NO8P/c1-6-8-10-12-14-16-18-20-22-24-26-28-30-32-34-36-38-40-42-44-45-47-49-51-53-55-57-59-61-63-65-67-69-71-73-75-77-79-81-83-90(93)99-88(87-98-100(94,95)97-85-84-91(3,4)5)86-96-89(92)82-80-78-76-74-72-70-68-66-64-62-60-58-56-54-52-50-48-46-43-41-39-37-35-33-31-29-27-25-23-21-19-17-15-13-11-9-7-2/h8,10,14,16,20,22,25-28,32,34,38,40,88H,6-7,9,11-13,15,17-19,21,23-24,29-31,33,35-37,39,41-87H2,1-5H3/p+1/b10-8-,16-14-,22-20-,27-25-,28-26-,34-32-,40-38-. The van der Waals surface area contributed by atoms with E-state index in [4.69, 9.17) is 18.5 Å². The second-order valence-electron chi connectivity index (χ2n) is 30.5. The largest absolute Gasteiger partial charge is 0.472 e. The van der Waals surface area contributed by atoms with E-state index in [1.807, 2.05) is 21.1 Å². The molecule has 9 nitrogen and oxygen atoms in total. The van der Waals surface area contributed by atoms with Crippen LogP contribution in [0.1, 0.15) is 425 Å². The number of phosphoric acid groups is 1. The molecule has 0 saturated heterocycles. The van der Waals surface area contributed by atoms with Crippen molar-refractivity contribution in [3.63, 3.8) is 0 Å². The number of hydrogen-bond acceptors (Lipinski definition) is 7. The average Bonchev–Trinajstić information content (AvgIpc) is 1.07. The second kappa shape index (κ2) is 80.3. The summed E-state index contributed by atoms with van der Waals surface area (Å²) in [5, 5.41) is 0. The van der Waals surface area contributed by atoms with Crippen molar-refractivity contribution in [2.24, 2.45) is 0 Å². The van der Waals surface area contributed by atoms with Gasteiger partial charge in [-0.15, -0.1) is 0 Å². The predicted octanol–water partition coefficient (Wildman–Crippen LogP) is 29.2. The molecule has 0 radical (unpaired) electrons. The number of carbonyl (C=O) groups excluding carboxylic acids is 2. The van der Waals surface area contributed by atoms with Crippen LogP contribution in [0, 0.1) is 0 Å². The SMILES string of the molecule is CC/C=C\C/C=C\C/C=C\C/C=C\C/C=C\C/C=C\CCCCCCCCCCCCCCCCCCCCCCC(=O)OC(COC(=O)CCCCCCCCCCCCCCCCCCCCCCCCCCC/C=C\CCCCCCCCCC)COP(=O)(O)OCC[N+](C)(C)C. The van der Waals surface area contributed by atoms with Gasteiger partial charge < -0.3 is 18.9 Å². The Bertz CT molecular complexity index is 1970. The van der Waals surface area contributed by atoms with Crippen molar-refractivity contribution in [2.75, 3.05) is 47.5 Å². The van der Waals surface area contributed by atoms with Gasteiger partial charge in [0.1, 0.15) is 19.8 Å². The van der Waals surface area contributed by atoms with Gasteiger partial charge in [-0.2, -0.15) is 0 Å². The lowest BCUT2D eigenvalue weighted by molar-refractivity contribution is -0.870. The highest BCUT2D eigenvalue weighted by Gasteiger charge is 2.27. The van der Waals surface area contributed by atoms with Gasteiger partial charge in [-0.1, -0.05) is 407 Å². The van der Waals surface area contributed by atoms with E-state index < -0.39 is 26.5 Å². The number of likely N-dealkylation sites (N-methyl/N-ethyl adjacent to an activating group) is 1. The summed E-state index contributed by atoms with van der Waals surface area (Å²) in [6.07, 6.45) is 112. The lowest BCUT2D eigenvalue weighted by atomic mass is 10.0. The van der Waals surface area contributed by atoms with E-state index in [0.717, 1.165) is 70.6 Å². The smallest absolute Gasteiger partial charge is 0.462 e. The summed E-state index contributed by atoms with van der Waals surface area (Å²) in [7, 11) is 1.50. The van der Waals surface area contributed by atoms with Gasteiger partial charge in [-0.3, -0.25) is 18.6 Å². The molecule has 0 aromatic carbocycles. The zero-order valence-electron chi connectivity index (χ0n) is 66.9. The highest BCUT2D eigenvalue weighted by Crippen LogP contribution is 2.43. The first-order chi connectivity index (χ1) is 49.0. The van der Waals surface area contributed by atoms with Crippen LogP contribution in [-0.2, 0) is 32.7 Å². The number of esters is 2. The van der Waals surface area contributed by atoms with Crippen LogP contribution in [0.4, 0.5) is 0 Å². The molecule has 0 aromatic rings. The molecule has 0 heterocycles. The van der Waals surface area contributed by atoms with Crippen LogP contribution in [0.15, 0.2) is 85.1 Å². The monoisotopic (exact) mass is 1420 g/mol. The molecule has 0 spiro atoms. The van der Waals surface area contributed by atoms with Crippen molar-refractivity contribution >= 4 is 19.8 Å². The number of unbranched alkanes of at least 4 members (excludes halogenated alkanes) is 53. The third-order valence-electron chi connectivity index (χ3n) is 19.4. The fourth-order valence-electron chi connectivity index (χ4n) is 12.8. The third kappa shape index (κ3) is 84.1. The first kappa shape index (κ1) is 97.2. The minimum atomic E-state index is -4.40. The Balaban J connectivity index is 3.88. The molecule has 0 aromatic heterocycles. The van der Waals surface area contributed by atoms with E-state index in [1.165, 1.54) is 321 Å². The van der Waals surface area contributed by atoms with Crippen molar-refractivity contribution in [3.05, 3.63) is 85.1 Å². The lowest BCUT2D eigenvalue weighted by Gasteiger charge is -2.24. The van der Waals surface area contributed by atoms with Gasteiger partial charge in [0.2, 0.25) is 0 Å². The zero-order valence-corrected chi connectivity index (χ0v) is 67.8. The van der Waals surface area contributed by atoms with Crippen molar-refractivity contribution in [3.8, 4) is 0 Å². The Morgan fingerprint density at radius 1 is 0.320 bits per heavy atom. The molecule has 1 N–H and O–H groups in total. The first-order valence-electron chi connectivity index (χ1n) is 43.3. The topological polar surface area (TPSA) is 108 Å². The van der Waals surface area contributed by atoms with Crippen LogP contribution in [0.3, 0.4) is 0 Å². The quantitative estimate of drug-likeness (QED) is 0.0211. The van der Waals surface area contributed by atoms with E-state index in [-0.39, 0.29) is 25.6 Å². The maximum Gasteiger partial charge on any atom is 0.472 e. The average molecular weight is 1420 g/mol. The fourth-order valence-corrected chi connectivity index (χ4v) is 13.6. The summed E-state index contributed by atoms with van der Waals surface area (Å²) in [4.78, 5) is 36.0. The van der Waals surface area contributed by atoms with E-state index in [0.29, 0.717) is 23.9 Å². The molecule has 0 aliphatic rings. The molecule has 2 unspecified atom stereocenters. The van der Waals surface area contributed by atoms with E-state index in [9.17, 15) is 19.0 Å². The van der Waals surface area contributed by atoms with Gasteiger partial charge in [-0.05, 0) is 89.9 Å². The normalized spacial score (nSPS) is 13.4. The molecule has 0 saturated carbocycles. The first-order valence-corrected chi connectivity index (χ1v) is 44.8. The van der Waals surface area contributed by atoms with Crippen molar-refractivity contribution in [1.82, 2.24) is 0 Å². The molecule has 0 amide bonds. The molecule has 0 fully saturated rings. The van der Waals surface area contributed by atoms with Crippen LogP contribution >= 0.6 is 7.82 Å². The van der Waals surface area contributed by atoms with Gasteiger partial charge in [0.05, 0.1) is 27.7 Å². The van der Waals surface area contributed by atoms with Gasteiger partial charge >= 0.3 is 19.8 Å². The Hall–Kier alpha value is -2.81. The Labute approximate surface area is 621 Å². The van der Waals surface area contributed by atoms with Gasteiger partial charge in [0.25, 0.3) is 0 Å². The molecular formula is C90H167NO8P+. The zero-order chi connectivity index (χ0) is 72.5. The van der Waals surface area contributed by atoms with Crippen LogP contribution < -0.4 is 0 Å². The summed E-state index contributed by atoms with van der Waals surface area (Å²) in [6, 6.07) is 0. The van der Waals surface area contributed by atoms with Crippen LogP contribution in [-0.4, -0.2) is 74.9 Å². The molecule has 10 heteroatoms. The van der Waals surface area contributed by atoms with Gasteiger partial charge in [0.15, 0.2) is 6.10 Å². The Kier molecular flexibility index (Phi) is 78.0. The van der Waals surface area contributed by atoms with E-state index in [2.05, 4.69) is 98.9 Å². The van der Waals surface area contributed by atoms with Crippen molar-refractivity contribution in [2.45, 2.75) is 431 Å².